The molecule has 0 aromatic rings. The molecular weight excluding hydrogens is 364 g/mol. The largest absolute Gasteiger partial charge is 0.393 e. The molecule has 0 saturated heterocycles. The molecule has 0 heterocycles. The van der Waals surface area contributed by atoms with Gasteiger partial charge in [0.25, 0.3) is 0 Å². The summed E-state index contributed by atoms with van der Waals surface area (Å²) in [7, 11) is 0. The molecule has 0 aromatic carbocycles. The first-order valence-electron chi connectivity index (χ1n) is 13.1. The molecule has 2 fully saturated rings. The average Bonchev–Trinajstić information content (AvgIpc) is 2.96. The van der Waals surface area contributed by atoms with Crippen LogP contribution >= 0.6 is 0 Å². The van der Waals surface area contributed by atoms with Crippen molar-refractivity contribution < 1.29 is 5.11 Å². The lowest BCUT2D eigenvalue weighted by atomic mass is 9.45. The minimum Gasteiger partial charge on any atom is -0.393 e. The first-order chi connectivity index (χ1) is 14.0. The van der Waals surface area contributed by atoms with Gasteiger partial charge in [0.1, 0.15) is 0 Å². The second kappa shape index (κ2) is 7.79. The van der Waals surface area contributed by atoms with Crippen molar-refractivity contribution in [2.24, 2.45) is 39.9 Å². The number of aliphatic hydroxyl groups excluding tert-OH is 1. The molecule has 30 heavy (non-hydrogen) atoms. The molecule has 0 bridgehead atoms. The number of hydrogen-bond acceptors (Lipinski definition) is 1. The van der Waals surface area contributed by atoms with E-state index in [2.05, 4.69) is 54.5 Å². The number of fused-ring (bicyclic) bond motifs is 4. The second-order valence-electron chi connectivity index (χ2n) is 12.7. The van der Waals surface area contributed by atoms with Crippen LogP contribution < -0.4 is 0 Å². The van der Waals surface area contributed by atoms with Crippen LogP contribution in [0.4, 0.5) is 0 Å². The Kier molecular flexibility index (Phi) is 5.87. The van der Waals surface area contributed by atoms with Gasteiger partial charge in [0.2, 0.25) is 0 Å². The van der Waals surface area contributed by atoms with Gasteiger partial charge in [0.15, 0.2) is 0 Å². The smallest absolute Gasteiger partial charge is 0.0569 e. The molecule has 0 aliphatic heterocycles. The molecule has 0 amide bonds. The van der Waals surface area contributed by atoms with Crippen molar-refractivity contribution in [3.63, 3.8) is 0 Å². The van der Waals surface area contributed by atoms with Gasteiger partial charge in [-0.1, -0.05) is 57.4 Å². The molecule has 4 aliphatic carbocycles. The lowest BCUT2D eigenvalue weighted by Gasteiger charge is -2.60. The molecule has 4 aliphatic rings. The predicted octanol–water partition coefficient (Wildman–Crippen LogP) is 8.09. The van der Waals surface area contributed by atoms with Crippen LogP contribution in [0.25, 0.3) is 0 Å². The highest BCUT2D eigenvalue weighted by molar-refractivity contribution is 5.38. The third-order valence-electron chi connectivity index (χ3n) is 11.2. The fourth-order valence-corrected chi connectivity index (χ4v) is 9.09. The van der Waals surface area contributed by atoms with Gasteiger partial charge >= 0.3 is 0 Å². The first kappa shape index (κ1) is 22.6. The van der Waals surface area contributed by atoms with Gasteiger partial charge in [-0.15, -0.1) is 0 Å². The minimum atomic E-state index is -0.0767. The minimum absolute atomic E-state index is 0.0767. The van der Waals surface area contributed by atoms with E-state index in [1.54, 1.807) is 0 Å². The second-order valence-corrected chi connectivity index (χ2v) is 12.7. The Morgan fingerprint density at radius 2 is 1.77 bits per heavy atom. The van der Waals surface area contributed by atoms with E-state index in [9.17, 15) is 5.11 Å². The zero-order valence-corrected chi connectivity index (χ0v) is 21.0. The van der Waals surface area contributed by atoms with Crippen LogP contribution in [-0.4, -0.2) is 11.2 Å². The van der Waals surface area contributed by atoms with Crippen molar-refractivity contribution in [2.75, 3.05) is 0 Å². The molecule has 2 saturated carbocycles. The van der Waals surface area contributed by atoms with E-state index in [1.165, 1.54) is 63.4 Å². The average molecular weight is 413 g/mol. The van der Waals surface area contributed by atoms with Crippen molar-refractivity contribution in [3.05, 3.63) is 22.8 Å². The number of aliphatic hydroxyl groups is 1. The predicted molar refractivity (Wildman–Crippen MR) is 128 cm³/mol. The highest BCUT2D eigenvalue weighted by atomic mass is 16.3. The third-order valence-corrected chi connectivity index (χ3v) is 11.2. The monoisotopic (exact) mass is 412 g/mol. The van der Waals surface area contributed by atoms with Crippen LogP contribution in [0.2, 0.25) is 0 Å². The highest BCUT2D eigenvalue weighted by Crippen LogP contribution is 2.71. The summed E-state index contributed by atoms with van der Waals surface area (Å²) in [6.45, 7) is 17.3. The van der Waals surface area contributed by atoms with Crippen LogP contribution in [0.1, 0.15) is 113 Å². The van der Waals surface area contributed by atoms with Gasteiger partial charge in [0, 0.05) is 0 Å². The van der Waals surface area contributed by atoms with Crippen molar-refractivity contribution >= 4 is 0 Å². The van der Waals surface area contributed by atoms with Gasteiger partial charge in [-0.3, -0.25) is 0 Å². The Balaban J connectivity index is 1.63. The molecule has 170 valence electrons. The summed E-state index contributed by atoms with van der Waals surface area (Å²) in [5, 5.41) is 10.5. The fourth-order valence-electron chi connectivity index (χ4n) is 9.09. The highest BCUT2D eigenvalue weighted by Gasteiger charge is 2.62. The van der Waals surface area contributed by atoms with Crippen LogP contribution in [-0.2, 0) is 0 Å². The summed E-state index contributed by atoms with van der Waals surface area (Å²) >= 11 is 0. The summed E-state index contributed by atoms with van der Waals surface area (Å²) < 4.78 is 0. The molecule has 8 atom stereocenters. The van der Waals surface area contributed by atoms with Gasteiger partial charge in [0.05, 0.1) is 6.10 Å². The Bertz CT molecular complexity index is 727. The summed E-state index contributed by atoms with van der Waals surface area (Å²) in [6.07, 6.45) is 15.3. The van der Waals surface area contributed by atoms with Crippen molar-refractivity contribution in [1.82, 2.24) is 0 Å². The quantitative estimate of drug-likeness (QED) is 0.462. The Morgan fingerprint density at radius 3 is 2.47 bits per heavy atom. The van der Waals surface area contributed by atoms with Gasteiger partial charge < -0.3 is 5.11 Å². The lowest BCUT2D eigenvalue weighted by Crippen LogP contribution is -2.51. The van der Waals surface area contributed by atoms with E-state index in [0.717, 1.165) is 18.3 Å². The maximum Gasteiger partial charge on any atom is 0.0569 e. The first-order valence-corrected chi connectivity index (χ1v) is 13.1. The van der Waals surface area contributed by atoms with Gasteiger partial charge in [-0.05, 0) is 118 Å². The Hall–Kier alpha value is -0.560. The molecule has 0 unspecified atom stereocenters. The maximum atomic E-state index is 10.5. The molecule has 0 spiro atoms. The lowest BCUT2D eigenvalue weighted by molar-refractivity contribution is -0.0412. The van der Waals surface area contributed by atoms with E-state index in [0.29, 0.717) is 28.1 Å². The topological polar surface area (TPSA) is 20.2 Å². The van der Waals surface area contributed by atoms with Crippen molar-refractivity contribution in [1.29, 1.82) is 0 Å². The van der Waals surface area contributed by atoms with E-state index < -0.39 is 0 Å². The molecule has 4 rings (SSSR count). The molecular formula is C29H48O. The van der Waals surface area contributed by atoms with Crippen LogP contribution in [0, 0.1) is 39.9 Å². The third kappa shape index (κ3) is 3.20. The molecule has 0 aromatic heterocycles. The fraction of sp³-hybridized carbons (Fsp3) is 0.862. The summed E-state index contributed by atoms with van der Waals surface area (Å²) in [6, 6.07) is 0. The summed E-state index contributed by atoms with van der Waals surface area (Å²) in [5.74, 6) is 2.85. The van der Waals surface area contributed by atoms with E-state index >= 15 is 0 Å². The number of allylic oxidation sites excluding steroid dienone is 4. The zero-order chi connectivity index (χ0) is 21.9. The van der Waals surface area contributed by atoms with Crippen LogP contribution in [0.3, 0.4) is 0 Å². The van der Waals surface area contributed by atoms with Crippen LogP contribution in [0.5, 0.6) is 0 Å². The van der Waals surface area contributed by atoms with Crippen molar-refractivity contribution in [2.45, 2.75) is 119 Å². The van der Waals surface area contributed by atoms with E-state index in [4.69, 9.17) is 0 Å². The summed E-state index contributed by atoms with van der Waals surface area (Å²) in [5.41, 5.74) is 6.44. The maximum absolute atomic E-state index is 10.5. The van der Waals surface area contributed by atoms with Gasteiger partial charge in [-0.25, -0.2) is 0 Å². The van der Waals surface area contributed by atoms with Crippen LogP contribution in [0.15, 0.2) is 22.8 Å². The van der Waals surface area contributed by atoms with E-state index in [1.807, 2.05) is 11.1 Å². The molecule has 0 radical (unpaired) electrons. The Labute approximate surface area is 186 Å². The normalized spacial score (nSPS) is 46.7. The molecule has 1 nitrogen and oxygen atoms in total. The molecule has 1 heteroatoms. The van der Waals surface area contributed by atoms with Gasteiger partial charge in [-0.2, -0.15) is 0 Å². The number of hydrogen-bond donors (Lipinski definition) is 1. The Morgan fingerprint density at radius 1 is 1.03 bits per heavy atom. The summed E-state index contributed by atoms with van der Waals surface area (Å²) in [4.78, 5) is 0. The standard InChI is InChI=1S/C29H48O/c1-19(2)9-8-10-20(3)22-13-17-29(7)25-12-11-23-21(4)26(30)15-16-27(23,5)24(25)14-18-28(22,29)6/h9,20-23,26,30H,8,10-18H2,1-7H3/t20-,21+,22-,23-,26+,27+,28-,29+/m1/s1. The van der Waals surface area contributed by atoms with E-state index in [-0.39, 0.29) is 6.10 Å². The number of rotatable bonds is 4. The SMILES string of the molecule is CC(C)=CCC[C@@H](C)[C@H]1CC[C@@]2(C)C3=C(CC[C@]12C)[C@@]1(C)CC[C@H](O)[C@@H](C)[C@H]1CC3. The zero-order valence-electron chi connectivity index (χ0n) is 21.0. The van der Waals surface area contributed by atoms with Crippen molar-refractivity contribution in [3.8, 4) is 0 Å². The molecule has 1 N–H and O–H groups in total.